The zero-order chi connectivity index (χ0) is 13.2. The summed E-state index contributed by atoms with van der Waals surface area (Å²) in [6.07, 6.45) is 4.60. The van der Waals surface area contributed by atoms with Crippen LogP contribution in [-0.4, -0.2) is 33.3 Å². The van der Waals surface area contributed by atoms with Gasteiger partial charge in [-0.3, -0.25) is 10.2 Å². The van der Waals surface area contributed by atoms with Crippen LogP contribution in [0.4, 0.5) is 5.13 Å². The van der Waals surface area contributed by atoms with Gasteiger partial charge in [-0.2, -0.15) is 4.98 Å². The smallest absolute Gasteiger partial charge is 0.213 e. The van der Waals surface area contributed by atoms with E-state index < -0.39 is 0 Å². The van der Waals surface area contributed by atoms with E-state index in [-0.39, 0.29) is 0 Å². The van der Waals surface area contributed by atoms with Crippen molar-refractivity contribution in [2.24, 2.45) is 0 Å². The molecule has 19 heavy (non-hydrogen) atoms. The summed E-state index contributed by atoms with van der Waals surface area (Å²) in [7, 11) is 0. The Kier molecular flexibility index (Phi) is 3.65. The normalized spacial score (nSPS) is 15.3. The van der Waals surface area contributed by atoms with Crippen molar-refractivity contribution in [2.45, 2.75) is 32.6 Å². The number of nitrogens with zero attached hydrogens (tertiary/aromatic N) is 3. The highest BCUT2D eigenvalue weighted by molar-refractivity contribution is 7.71. The van der Waals surface area contributed by atoms with E-state index in [2.05, 4.69) is 27.0 Å². The zero-order valence-electron chi connectivity index (χ0n) is 10.9. The highest BCUT2D eigenvalue weighted by Gasteiger charge is 2.20. The topological polar surface area (TPSA) is 60.6 Å². The van der Waals surface area contributed by atoms with Crippen molar-refractivity contribution in [1.29, 1.82) is 0 Å². The number of hydrogen-bond acceptors (Lipinski definition) is 5. The van der Waals surface area contributed by atoms with Crippen LogP contribution in [-0.2, 0) is 6.42 Å². The summed E-state index contributed by atoms with van der Waals surface area (Å²) in [4.78, 5) is 12.6. The van der Waals surface area contributed by atoms with Crippen molar-refractivity contribution in [1.82, 2.24) is 20.2 Å². The minimum atomic E-state index is 0.494. The maximum atomic E-state index is 5.03. The molecule has 0 aromatic carbocycles. The average molecular weight is 295 g/mol. The Balaban J connectivity index is 1.98. The van der Waals surface area contributed by atoms with Gasteiger partial charge in [0.2, 0.25) is 4.77 Å². The molecular weight excluding hydrogens is 278 g/mol. The molecule has 0 unspecified atom stereocenters. The molecule has 1 saturated heterocycles. The molecule has 2 aromatic rings. The predicted octanol–water partition coefficient (Wildman–Crippen LogP) is 3.14. The third kappa shape index (κ3) is 2.57. The highest BCUT2D eigenvalue weighted by atomic mass is 32.1. The lowest BCUT2D eigenvalue weighted by Crippen LogP contribution is -2.17. The van der Waals surface area contributed by atoms with Gasteiger partial charge in [-0.1, -0.05) is 24.7 Å². The molecule has 0 aliphatic carbocycles. The van der Waals surface area contributed by atoms with E-state index >= 15 is 0 Å². The van der Waals surface area contributed by atoms with Crippen LogP contribution in [0.2, 0.25) is 0 Å². The highest BCUT2D eigenvalue weighted by Crippen LogP contribution is 2.34. The summed E-state index contributed by atoms with van der Waals surface area (Å²) in [6.45, 7) is 4.41. The van der Waals surface area contributed by atoms with Crippen molar-refractivity contribution >= 4 is 28.7 Å². The molecule has 0 radical (unpaired) electrons. The fourth-order valence-electron chi connectivity index (χ4n) is 2.35. The van der Waals surface area contributed by atoms with Crippen molar-refractivity contribution in [2.75, 3.05) is 18.0 Å². The largest absolute Gasteiger partial charge is 0.348 e. The Morgan fingerprint density at radius 3 is 2.68 bits per heavy atom. The van der Waals surface area contributed by atoms with Gasteiger partial charge in [-0.05, 0) is 31.5 Å². The standard InChI is InChI=1S/C12H17N5S2/c1-2-5-8-9(10-14-11(18)16-15-10)19-12(13-8)17-6-3-4-7-17/h2-7H2,1H3,(H2,14,15,16,18). The Labute approximate surface area is 121 Å². The van der Waals surface area contributed by atoms with Crippen LogP contribution in [0.5, 0.6) is 0 Å². The Morgan fingerprint density at radius 2 is 2.05 bits per heavy atom. The van der Waals surface area contributed by atoms with Crippen LogP contribution in [0.15, 0.2) is 0 Å². The molecular formula is C12H17N5S2. The lowest BCUT2D eigenvalue weighted by molar-refractivity contribution is 0.878. The molecule has 0 amide bonds. The van der Waals surface area contributed by atoms with Gasteiger partial charge < -0.3 is 4.90 Å². The molecule has 1 aliphatic heterocycles. The molecule has 5 nitrogen and oxygen atoms in total. The van der Waals surface area contributed by atoms with Gasteiger partial charge in [0, 0.05) is 13.1 Å². The van der Waals surface area contributed by atoms with E-state index in [0.717, 1.165) is 47.5 Å². The Bertz CT molecular complexity index is 606. The molecule has 102 valence electrons. The molecule has 1 aliphatic rings. The molecule has 0 saturated carbocycles. The van der Waals surface area contributed by atoms with E-state index in [9.17, 15) is 0 Å². The zero-order valence-corrected chi connectivity index (χ0v) is 12.5. The monoisotopic (exact) mass is 295 g/mol. The van der Waals surface area contributed by atoms with Gasteiger partial charge in [0.1, 0.15) is 0 Å². The molecule has 3 rings (SSSR count). The SMILES string of the molecule is CCCc1nc(N2CCCC2)sc1-c1nc(=S)[nH][nH]1. The number of H-pyrrole nitrogens is 2. The van der Waals surface area contributed by atoms with Crippen LogP contribution in [0.1, 0.15) is 31.9 Å². The van der Waals surface area contributed by atoms with E-state index in [0.29, 0.717) is 4.77 Å². The minimum Gasteiger partial charge on any atom is -0.348 e. The fourth-order valence-corrected chi connectivity index (χ4v) is 3.60. The lowest BCUT2D eigenvalue weighted by Gasteiger charge is -2.12. The molecule has 0 bridgehead atoms. The maximum absolute atomic E-state index is 5.03. The van der Waals surface area contributed by atoms with E-state index in [1.54, 1.807) is 11.3 Å². The third-order valence-electron chi connectivity index (χ3n) is 3.27. The second kappa shape index (κ2) is 5.42. The van der Waals surface area contributed by atoms with Gasteiger partial charge in [0.15, 0.2) is 11.0 Å². The van der Waals surface area contributed by atoms with Crippen LogP contribution in [0.25, 0.3) is 10.7 Å². The molecule has 0 spiro atoms. The number of thiazole rings is 1. The maximum Gasteiger partial charge on any atom is 0.213 e. The number of aromatic nitrogens is 4. The van der Waals surface area contributed by atoms with Gasteiger partial charge in [-0.15, -0.1) is 0 Å². The summed E-state index contributed by atoms with van der Waals surface area (Å²) in [6, 6.07) is 0. The third-order valence-corrected chi connectivity index (χ3v) is 4.62. The number of rotatable bonds is 4. The molecule has 1 fully saturated rings. The number of aryl methyl sites for hydroxylation is 1. The van der Waals surface area contributed by atoms with Gasteiger partial charge in [0.05, 0.1) is 10.6 Å². The number of nitrogens with one attached hydrogen (secondary N) is 2. The Hall–Kier alpha value is -1.21. The average Bonchev–Trinajstić information content (AvgIpc) is 3.08. The minimum absolute atomic E-state index is 0.494. The summed E-state index contributed by atoms with van der Waals surface area (Å²) in [5, 5.41) is 7.02. The molecule has 2 aromatic heterocycles. The molecule has 3 heterocycles. The van der Waals surface area contributed by atoms with E-state index in [4.69, 9.17) is 17.2 Å². The first-order valence-corrected chi connectivity index (χ1v) is 7.90. The van der Waals surface area contributed by atoms with Crippen molar-refractivity contribution in [3.63, 3.8) is 0 Å². The van der Waals surface area contributed by atoms with Gasteiger partial charge in [0.25, 0.3) is 0 Å². The van der Waals surface area contributed by atoms with Crippen molar-refractivity contribution in [3.8, 4) is 10.7 Å². The summed E-state index contributed by atoms with van der Waals surface area (Å²) in [5.74, 6) is 0.816. The summed E-state index contributed by atoms with van der Waals surface area (Å²) < 4.78 is 0.494. The van der Waals surface area contributed by atoms with Crippen LogP contribution in [0, 0.1) is 4.77 Å². The molecule has 7 heteroatoms. The number of hydrogen-bond donors (Lipinski definition) is 2. The van der Waals surface area contributed by atoms with Crippen LogP contribution >= 0.6 is 23.6 Å². The first-order valence-electron chi connectivity index (χ1n) is 6.67. The lowest BCUT2D eigenvalue weighted by atomic mass is 10.2. The van der Waals surface area contributed by atoms with Crippen molar-refractivity contribution in [3.05, 3.63) is 10.5 Å². The summed E-state index contributed by atoms with van der Waals surface area (Å²) >= 11 is 6.75. The van der Waals surface area contributed by atoms with Crippen LogP contribution in [0.3, 0.4) is 0 Å². The number of aromatic amines is 2. The predicted molar refractivity (Wildman–Crippen MR) is 80.3 cm³/mol. The number of anilines is 1. The molecule has 2 N–H and O–H groups in total. The second-order valence-corrected chi connectivity index (χ2v) is 6.10. The van der Waals surface area contributed by atoms with Gasteiger partial charge in [-0.25, -0.2) is 4.98 Å². The fraction of sp³-hybridized carbons (Fsp3) is 0.583. The van der Waals surface area contributed by atoms with E-state index in [1.165, 1.54) is 12.8 Å². The Morgan fingerprint density at radius 1 is 1.26 bits per heavy atom. The molecule has 0 atom stereocenters. The first kappa shape index (κ1) is 12.8. The van der Waals surface area contributed by atoms with Crippen LogP contribution < -0.4 is 4.90 Å². The van der Waals surface area contributed by atoms with Crippen molar-refractivity contribution < 1.29 is 0 Å². The van der Waals surface area contributed by atoms with E-state index in [1.807, 2.05) is 0 Å². The quantitative estimate of drug-likeness (QED) is 0.851. The summed E-state index contributed by atoms with van der Waals surface area (Å²) in [5.41, 5.74) is 1.13. The second-order valence-electron chi connectivity index (χ2n) is 4.73. The van der Waals surface area contributed by atoms with Gasteiger partial charge >= 0.3 is 0 Å². The first-order chi connectivity index (χ1) is 9.28.